The van der Waals surface area contributed by atoms with Crippen molar-refractivity contribution in [3.63, 3.8) is 0 Å². The average Bonchev–Trinajstić information content (AvgIpc) is 2.19. The summed E-state index contributed by atoms with van der Waals surface area (Å²) in [4.78, 5) is 2.79. The van der Waals surface area contributed by atoms with Crippen molar-refractivity contribution in [1.29, 1.82) is 5.26 Å². The largest absolute Gasteiger partial charge is 0.436 e. The maximum Gasteiger partial charge on any atom is 0.436 e. The van der Waals surface area contributed by atoms with E-state index >= 15 is 0 Å². The molecule has 0 atom stereocenters. The lowest BCUT2D eigenvalue weighted by Crippen LogP contribution is -2.21. The molecule has 9 heteroatoms. The Kier molecular flexibility index (Phi) is 3.74. The molecule has 0 fully saturated rings. The first-order chi connectivity index (χ1) is 8.50. The van der Waals surface area contributed by atoms with Crippen LogP contribution in [0.4, 0.5) is 30.7 Å². The van der Waals surface area contributed by atoms with Crippen LogP contribution in [-0.4, -0.2) is 4.98 Å². The Labute approximate surface area is 102 Å². The van der Waals surface area contributed by atoms with Crippen molar-refractivity contribution >= 4 is 0 Å². The van der Waals surface area contributed by atoms with E-state index in [1.165, 1.54) is 6.07 Å². The van der Waals surface area contributed by atoms with Crippen LogP contribution in [0, 0.1) is 24.1 Å². The lowest BCUT2D eigenvalue weighted by molar-refractivity contribution is -0.150. The summed E-state index contributed by atoms with van der Waals surface area (Å²) in [6, 6.07) is 1.33. The summed E-state index contributed by atoms with van der Waals surface area (Å²) in [5.41, 5.74) is -5.89. The molecule has 0 radical (unpaired) electrons. The van der Waals surface area contributed by atoms with Crippen molar-refractivity contribution in [2.45, 2.75) is 25.7 Å². The van der Waals surface area contributed by atoms with E-state index < -0.39 is 47.1 Å². The third-order valence-corrected chi connectivity index (χ3v) is 2.25. The molecule has 0 saturated carbocycles. The Morgan fingerprint density at radius 1 is 1.11 bits per heavy atom. The third-order valence-electron chi connectivity index (χ3n) is 2.25. The van der Waals surface area contributed by atoms with Crippen LogP contribution in [0.5, 0.6) is 0 Å². The molecule has 0 aliphatic heterocycles. The molecular weight excluding hydrogens is 281 g/mol. The number of aromatic nitrogens is 1. The van der Waals surface area contributed by atoms with Crippen molar-refractivity contribution in [3.05, 3.63) is 28.3 Å². The van der Waals surface area contributed by atoms with Crippen molar-refractivity contribution in [1.82, 2.24) is 4.98 Å². The van der Waals surface area contributed by atoms with Crippen molar-refractivity contribution in [3.8, 4) is 6.07 Å². The molecule has 0 saturated heterocycles. The second-order valence-electron chi connectivity index (χ2n) is 3.54. The number of aryl methyl sites for hydroxylation is 1. The number of hydrogen-bond donors (Lipinski definition) is 0. The fourth-order valence-corrected chi connectivity index (χ4v) is 1.49. The van der Waals surface area contributed by atoms with Crippen LogP contribution in [0.3, 0.4) is 0 Å². The molecule has 0 N–H and O–H groups in total. The van der Waals surface area contributed by atoms with Gasteiger partial charge in [0.25, 0.3) is 0 Å². The number of nitriles is 1. The summed E-state index contributed by atoms with van der Waals surface area (Å²) in [5, 5.41) is 8.36. The summed E-state index contributed by atoms with van der Waals surface area (Å²) >= 11 is 0. The van der Waals surface area contributed by atoms with Gasteiger partial charge in [-0.25, -0.2) is 9.37 Å². The van der Waals surface area contributed by atoms with E-state index in [1.807, 2.05) is 0 Å². The Morgan fingerprint density at radius 2 is 1.63 bits per heavy atom. The SMILES string of the molecule is Cc1nc(C(F)(F)F)c(F)c(C(F)(F)F)c1CC#N. The summed E-state index contributed by atoms with van der Waals surface area (Å²) in [7, 11) is 0. The number of nitrogens with zero attached hydrogens (tertiary/aromatic N) is 2. The van der Waals surface area contributed by atoms with Gasteiger partial charge in [-0.15, -0.1) is 0 Å². The van der Waals surface area contributed by atoms with Crippen molar-refractivity contribution in [2.24, 2.45) is 0 Å². The zero-order chi connectivity index (χ0) is 15.0. The minimum absolute atomic E-state index is 0.678. The summed E-state index contributed by atoms with van der Waals surface area (Å²) in [6.07, 6.45) is -11.6. The van der Waals surface area contributed by atoms with E-state index in [2.05, 4.69) is 4.98 Å². The molecular formula is C10H5F7N2. The maximum atomic E-state index is 13.4. The van der Waals surface area contributed by atoms with Gasteiger partial charge < -0.3 is 0 Å². The van der Waals surface area contributed by atoms with Crippen LogP contribution in [0.15, 0.2) is 0 Å². The molecule has 1 heterocycles. The number of rotatable bonds is 1. The van der Waals surface area contributed by atoms with Gasteiger partial charge in [-0.05, 0) is 6.92 Å². The van der Waals surface area contributed by atoms with E-state index in [0.717, 1.165) is 6.92 Å². The summed E-state index contributed by atoms with van der Waals surface area (Å²) < 4.78 is 88.5. The van der Waals surface area contributed by atoms with Crippen LogP contribution in [-0.2, 0) is 18.8 Å². The molecule has 1 aromatic rings. The van der Waals surface area contributed by atoms with Gasteiger partial charge in [0, 0.05) is 11.3 Å². The monoisotopic (exact) mass is 286 g/mol. The fourth-order valence-electron chi connectivity index (χ4n) is 1.49. The molecule has 19 heavy (non-hydrogen) atoms. The number of halogens is 7. The maximum absolute atomic E-state index is 13.4. The topological polar surface area (TPSA) is 36.7 Å². The third kappa shape index (κ3) is 2.94. The van der Waals surface area contributed by atoms with Gasteiger partial charge in [-0.2, -0.15) is 31.6 Å². The van der Waals surface area contributed by atoms with Gasteiger partial charge in [-0.3, -0.25) is 0 Å². The first-order valence-electron chi connectivity index (χ1n) is 4.70. The van der Waals surface area contributed by atoms with Gasteiger partial charge in [-0.1, -0.05) is 0 Å². The molecule has 0 bridgehead atoms. The van der Waals surface area contributed by atoms with Crippen LogP contribution in [0.2, 0.25) is 0 Å². The number of pyridine rings is 1. The first-order valence-corrected chi connectivity index (χ1v) is 4.70. The quantitative estimate of drug-likeness (QED) is 0.739. The predicted octanol–water partition coefficient (Wildman–Crippen LogP) is 3.63. The lowest BCUT2D eigenvalue weighted by Gasteiger charge is -2.17. The lowest BCUT2D eigenvalue weighted by atomic mass is 10.0. The summed E-state index contributed by atoms with van der Waals surface area (Å²) in [6.45, 7) is 0.858. The fraction of sp³-hybridized carbons (Fsp3) is 0.400. The van der Waals surface area contributed by atoms with E-state index in [4.69, 9.17) is 5.26 Å². The molecule has 0 aliphatic rings. The van der Waals surface area contributed by atoms with Gasteiger partial charge in [0.2, 0.25) is 0 Å². The minimum atomic E-state index is -5.35. The van der Waals surface area contributed by atoms with Gasteiger partial charge in [0.05, 0.1) is 18.1 Å². The zero-order valence-corrected chi connectivity index (χ0v) is 9.25. The molecule has 1 aromatic heterocycles. The zero-order valence-electron chi connectivity index (χ0n) is 9.25. The van der Waals surface area contributed by atoms with Crippen LogP contribution in [0.25, 0.3) is 0 Å². The highest BCUT2D eigenvalue weighted by molar-refractivity contribution is 5.38. The molecule has 0 aromatic carbocycles. The average molecular weight is 286 g/mol. The van der Waals surface area contributed by atoms with Crippen molar-refractivity contribution in [2.75, 3.05) is 0 Å². The molecule has 1 rings (SSSR count). The highest BCUT2D eigenvalue weighted by Crippen LogP contribution is 2.40. The van der Waals surface area contributed by atoms with Gasteiger partial charge >= 0.3 is 12.4 Å². The second-order valence-corrected chi connectivity index (χ2v) is 3.54. The minimum Gasteiger partial charge on any atom is -0.245 e. The second kappa shape index (κ2) is 4.68. The highest BCUT2D eigenvalue weighted by Gasteiger charge is 2.45. The summed E-state index contributed by atoms with van der Waals surface area (Å²) in [5.74, 6) is -2.50. The van der Waals surface area contributed by atoms with Crippen LogP contribution in [0.1, 0.15) is 22.5 Å². The number of hydrogen-bond acceptors (Lipinski definition) is 2. The molecule has 2 nitrogen and oxygen atoms in total. The Morgan fingerprint density at radius 3 is 2.00 bits per heavy atom. The van der Waals surface area contributed by atoms with Gasteiger partial charge in [0.1, 0.15) is 0 Å². The van der Waals surface area contributed by atoms with Gasteiger partial charge in [0.15, 0.2) is 11.5 Å². The highest BCUT2D eigenvalue weighted by atomic mass is 19.4. The molecule has 0 spiro atoms. The normalized spacial score (nSPS) is 12.4. The van der Waals surface area contributed by atoms with Crippen LogP contribution < -0.4 is 0 Å². The Bertz CT molecular complexity index is 537. The molecule has 0 unspecified atom stereocenters. The Balaban J connectivity index is 3.74. The van der Waals surface area contributed by atoms with Crippen molar-refractivity contribution < 1.29 is 30.7 Å². The molecule has 104 valence electrons. The Hall–Kier alpha value is -1.85. The van der Waals surface area contributed by atoms with E-state index in [9.17, 15) is 30.7 Å². The predicted molar refractivity (Wildman–Crippen MR) is 48.3 cm³/mol. The van der Waals surface area contributed by atoms with Crippen LogP contribution >= 0.6 is 0 Å². The van der Waals surface area contributed by atoms with E-state index in [0.29, 0.717) is 0 Å². The van der Waals surface area contributed by atoms with E-state index in [1.54, 1.807) is 0 Å². The molecule has 0 amide bonds. The van der Waals surface area contributed by atoms with E-state index in [-0.39, 0.29) is 0 Å². The first kappa shape index (κ1) is 15.2. The molecule has 0 aliphatic carbocycles. The standard InChI is InChI=1S/C10H5F7N2/c1-4-5(2-3-18)6(9(12,13)14)7(11)8(19-4)10(15,16)17/h2H2,1H3. The smallest absolute Gasteiger partial charge is 0.245 e. The number of alkyl halides is 6.